The molecule has 0 aromatic carbocycles. The quantitative estimate of drug-likeness (QED) is 0.454. The van der Waals surface area contributed by atoms with Crippen molar-refractivity contribution in [1.82, 2.24) is 0 Å². The summed E-state index contributed by atoms with van der Waals surface area (Å²) in [5.74, 6) is 0.658. The third kappa shape index (κ3) is 8.09. The maximum atomic E-state index is 5.53. The van der Waals surface area contributed by atoms with E-state index < -0.39 is 0 Å². The van der Waals surface area contributed by atoms with Gasteiger partial charge in [-0.3, -0.25) is 0 Å². The van der Waals surface area contributed by atoms with Gasteiger partial charge < -0.3 is 4.74 Å². The van der Waals surface area contributed by atoms with Crippen molar-refractivity contribution in [1.29, 1.82) is 0 Å². The van der Waals surface area contributed by atoms with Gasteiger partial charge in [0.2, 0.25) is 0 Å². The number of hydrogen-bond donors (Lipinski definition) is 0. The zero-order chi connectivity index (χ0) is 13.1. The van der Waals surface area contributed by atoms with E-state index in [4.69, 9.17) is 4.74 Å². The summed E-state index contributed by atoms with van der Waals surface area (Å²) < 4.78 is 5.53. The molecule has 0 aromatic rings. The van der Waals surface area contributed by atoms with Crippen LogP contribution in [0.5, 0.6) is 0 Å². The van der Waals surface area contributed by atoms with Gasteiger partial charge in [-0.2, -0.15) is 0 Å². The van der Waals surface area contributed by atoms with Gasteiger partial charge in [-0.25, -0.2) is 0 Å². The molecule has 0 amide bonds. The molecule has 92 valence electrons. The van der Waals surface area contributed by atoms with Crippen molar-refractivity contribution in [2.24, 2.45) is 0 Å². The fourth-order valence-corrected chi connectivity index (χ4v) is 1.06. The van der Waals surface area contributed by atoms with Gasteiger partial charge in [0.25, 0.3) is 0 Å². The molecule has 0 atom stereocenters. The Morgan fingerprint density at radius 2 is 1.88 bits per heavy atom. The van der Waals surface area contributed by atoms with Crippen molar-refractivity contribution in [3.05, 3.63) is 72.6 Å². The Morgan fingerprint density at radius 3 is 2.41 bits per heavy atom. The second kappa shape index (κ2) is 9.46. The molecule has 0 aromatic heterocycles. The van der Waals surface area contributed by atoms with Gasteiger partial charge in [-0.1, -0.05) is 55.2 Å². The highest BCUT2D eigenvalue weighted by Gasteiger charge is 1.93. The highest BCUT2D eigenvalue weighted by atomic mass is 16.5. The first-order valence-corrected chi connectivity index (χ1v) is 5.71. The second-order valence-corrected chi connectivity index (χ2v) is 3.60. The monoisotopic (exact) mass is 230 g/mol. The van der Waals surface area contributed by atoms with E-state index in [0.29, 0.717) is 12.4 Å². The highest BCUT2D eigenvalue weighted by molar-refractivity contribution is 5.25. The van der Waals surface area contributed by atoms with Crippen LogP contribution in [-0.2, 0) is 4.74 Å². The molecule has 0 aliphatic heterocycles. The normalized spacial score (nSPS) is 13.4. The molecule has 17 heavy (non-hydrogen) atoms. The average Bonchev–Trinajstić information content (AvgIpc) is 2.33. The second-order valence-electron chi connectivity index (χ2n) is 3.60. The van der Waals surface area contributed by atoms with E-state index in [0.717, 1.165) is 5.57 Å². The maximum absolute atomic E-state index is 5.53. The number of ether oxygens (including phenoxy) is 1. The number of rotatable bonds is 7. The molecule has 0 bridgehead atoms. The van der Waals surface area contributed by atoms with Crippen LogP contribution in [0.3, 0.4) is 0 Å². The third-order valence-corrected chi connectivity index (χ3v) is 2.12. The van der Waals surface area contributed by atoms with Crippen molar-refractivity contribution in [3.63, 3.8) is 0 Å². The van der Waals surface area contributed by atoms with E-state index in [1.807, 2.05) is 57.2 Å². The fourth-order valence-electron chi connectivity index (χ4n) is 1.06. The van der Waals surface area contributed by atoms with Crippen LogP contribution >= 0.6 is 0 Å². The molecule has 0 radical (unpaired) electrons. The van der Waals surface area contributed by atoms with Gasteiger partial charge >= 0.3 is 0 Å². The largest absolute Gasteiger partial charge is 0.490 e. The Labute approximate surface area is 105 Å². The van der Waals surface area contributed by atoms with Crippen LogP contribution in [0.15, 0.2) is 72.6 Å². The maximum Gasteiger partial charge on any atom is 0.113 e. The van der Waals surface area contributed by atoms with Crippen LogP contribution in [0.4, 0.5) is 0 Å². The summed E-state index contributed by atoms with van der Waals surface area (Å²) in [6.07, 6.45) is 13.5. The van der Waals surface area contributed by atoms with Crippen LogP contribution in [0.1, 0.15) is 20.8 Å². The van der Waals surface area contributed by atoms with Crippen molar-refractivity contribution in [3.8, 4) is 0 Å². The summed E-state index contributed by atoms with van der Waals surface area (Å²) >= 11 is 0. The summed E-state index contributed by atoms with van der Waals surface area (Å²) in [4.78, 5) is 0. The number of hydrogen-bond acceptors (Lipinski definition) is 1. The summed E-state index contributed by atoms with van der Waals surface area (Å²) in [7, 11) is 0. The van der Waals surface area contributed by atoms with Crippen LogP contribution < -0.4 is 0 Å². The predicted octanol–water partition coefficient (Wildman–Crippen LogP) is 4.73. The van der Waals surface area contributed by atoms with Crippen LogP contribution in [-0.4, -0.2) is 6.61 Å². The van der Waals surface area contributed by atoms with Crippen molar-refractivity contribution in [2.75, 3.05) is 6.61 Å². The standard InChI is InChI=1S/C16H22O/c1-6-9-16(10-7-2)13-17-15(5)12-11-14(4)8-3/h6-12H,1,5,13H2,2-4H3/b10-7-,12-11-,14-8-,16-9+. The molecule has 0 spiro atoms. The molecule has 0 N–H and O–H groups in total. The first kappa shape index (κ1) is 15.2. The molecule has 0 saturated heterocycles. The van der Waals surface area contributed by atoms with Gasteiger partial charge in [-0.15, -0.1) is 0 Å². The van der Waals surface area contributed by atoms with E-state index >= 15 is 0 Å². The van der Waals surface area contributed by atoms with E-state index in [1.165, 1.54) is 5.57 Å². The van der Waals surface area contributed by atoms with Gasteiger partial charge in [0.15, 0.2) is 0 Å². The molecule has 0 rings (SSSR count). The van der Waals surface area contributed by atoms with Crippen molar-refractivity contribution >= 4 is 0 Å². The predicted molar refractivity (Wildman–Crippen MR) is 76.8 cm³/mol. The Balaban J connectivity index is 4.27. The lowest BCUT2D eigenvalue weighted by Gasteiger charge is -2.06. The summed E-state index contributed by atoms with van der Waals surface area (Å²) in [6, 6.07) is 0. The SMILES string of the molecule is C=C/C=C(\C=C/C)COC(=C)/C=C\C(C)=C/C. The molecule has 0 aliphatic rings. The van der Waals surface area contributed by atoms with Crippen LogP contribution in [0.2, 0.25) is 0 Å². The molecule has 0 aliphatic carbocycles. The molecular weight excluding hydrogens is 208 g/mol. The summed E-state index contributed by atoms with van der Waals surface area (Å²) in [5.41, 5.74) is 2.25. The van der Waals surface area contributed by atoms with E-state index in [-0.39, 0.29) is 0 Å². The van der Waals surface area contributed by atoms with Crippen LogP contribution in [0.25, 0.3) is 0 Å². The van der Waals surface area contributed by atoms with Crippen LogP contribution in [0, 0.1) is 0 Å². The lowest BCUT2D eigenvalue weighted by atomic mass is 10.2. The Kier molecular flexibility index (Phi) is 8.48. The first-order chi connectivity index (χ1) is 8.13. The van der Waals surface area contributed by atoms with Crippen molar-refractivity contribution in [2.45, 2.75) is 20.8 Å². The summed E-state index contributed by atoms with van der Waals surface area (Å²) in [6.45, 7) is 14.0. The van der Waals surface area contributed by atoms with E-state index in [1.54, 1.807) is 6.08 Å². The molecule has 0 heterocycles. The first-order valence-electron chi connectivity index (χ1n) is 5.71. The molecule has 0 unspecified atom stereocenters. The average molecular weight is 230 g/mol. The zero-order valence-corrected chi connectivity index (χ0v) is 11.1. The Hall–Kier alpha value is -1.76. The van der Waals surface area contributed by atoms with Gasteiger partial charge in [0.1, 0.15) is 12.4 Å². The zero-order valence-electron chi connectivity index (χ0n) is 11.1. The lowest BCUT2D eigenvalue weighted by molar-refractivity contribution is 0.257. The molecular formula is C16H22O. The lowest BCUT2D eigenvalue weighted by Crippen LogP contribution is -1.94. The third-order valence-electron chi connectivity index (χ3n) is 2.12. The minimum Gasteiger partial charge on any atom is -0.490 e. The van der Waals surface area contributed by atoms with Gasteiger partial charge in [0, 0.05) is 0 Å². The Morgan fingerprint density at radius 1 is 1.18 bits per heavy atom. The van der Waals surface area contributed by atoms with E-state index in [9.17, 15) is 0 Å². The summed E-state index contributed by atoms with van der Waals surface area (Å²) in [5, 5.41) is 0. The van der Waals surface area contributed by atoms with Gasteiger partial charge in [-0.05, 0) is 32.4 Å². The van der Waals surface area contributed by atoms with Crippen molar-refractivity contribution < 1.29 is 4.74 Å². The molecule has 0 fully saturated rings. The smallest absolute Gasteiger partial charge is 0.113 e. The Bertz CT molecular complexity index is 365. The number of allylic oxidation sites excluding steroid dienone is 7. The highest BCUT2D eigenvalue weighted by Crippen LogP contribution is 2.05. The molecule has 1 nitrogen and oxygen atoms in total. The minimum atomic E-state index is 0.508. The van der Waals surface area contributed by atoms with Gasteiger partial charge in [0.05, 0.1) is 0 Å². The minimum absolute atomic E-state index is 0.508. The molecule has 1 heteroatoms. The van der Waals surface area contributed by atoms with E-state index in [2.05, 4.69) is 13.2 Å². The molecule has 0 saturated carbocycles. The fraction of sp³-hybridized carbons (Fsp3) is 0.250. The topological polar surface area (TPSA) is 9.23 Å².